The van der Waals surface area contributed by atoms with E-state index >= 15 is 0 Å². The maximum atomic E-state index is 13.7. The maximum Gasteiger partial charge on any atom is 0.254 e. The second-order valence-electron chi connectivity index (χ2n) is 7.27. The first-order valence-electron chi connectivity index (χ1n) is 9.04. The Hall–Kier alpha value is -1.66. The van der Waals surface area contributed by atoms with Crippen molar-refractivity contribution in [1.82, 2.24) is 9.80 Å². The third-order valence-electron chi connectivity index (χ3n) is 5.44. The molecule has 0 aromatic heterocycles. The van der Waals surface area contributed by atoms with Crippen molar-refractivity contribution >= 4 is 24.2 Å². The van der Waals surface area contributed by atoms with Crippen LogP contribution < -0.4 is 5.73 Å². The van der Waals surface area contributed by atoms with E-state index in [1.807, 2.05) is 0 Å². The Balaban J connectivity index is 0.00000243. The third-order valence-corrected chi connectivity index (χ3v) is 5.44. The molecular formula is C19H27ClFN3O2. The largest absolute Gasteiger partial charge is 0.338 e. The highest BCUT2D eigenvalue weighted by Gasteiger charge is 2.39. The second kappa shape index (κ2) is 8.35. The van der Waals surface area contributed by atoms with Gasteiger partial charge in [-0.15, -0.1) is 12.4 Å². The molecule has 2 amide bonds. The van der Waals surface area contributed by atoms with Crippen molar-refractivity contribution in [2.24, 2.45) is 5.73 Å². The molecule has 144 valence electrons. The third kappa shape index (κ3) is 4.18. The number of rotatable bonds is 2. The molecule has 1 aromatic rings. The quantitative estimate of drug-likeness (QED) is 0.853. The van der Waals surface area contributed by atoms with Crippen molar-refractivity contribution in [2.75, 3.05) is 26.2 Å². The van der Waals surface area contributed by atoms with Crippen LogP contribution in [0.15, 0.2) is 18.2 Å². The highest BCUT2D eigenvalue weighted by atomic mass is 35.5. The minimum atomic E-state index is -0.732. The molecule has 5 nitrogen and oxygen atoms in total. The van der Waals surface area contributed by atoms with Gasteiger partial charge in [0.15, 0.2) is 0 Å². The van der Waals surface area contributed by atoms with Crippen LogP contribution in [0.25, 0.3) is 0 Å². The van der Waals surface area contributed by atoms with E-state index in [4.69, 9.17) is 5.73 Å². The Morgan fingerprint density at radius 1 is 1.04 bits per heavy atom. The molecule has 0 atom stereocenters. The summed E-state index contributed by atoms with van der Waals surface area (Å²) >= 11 is 0. The average molecular weight is 384 g/mol. The molecule has 1 aliphatic heterocycles. The smallest absolute Gasteiger partial charge is 0.254 e. The van der Waals surface area contributed by atoms with Crippen molar-refractivity contribution in [3.8, 4) is 0 Å². The maximum absolute atomic E-state index is 13.7. The van der Waals surface area contributed by atoms with Crippen LogP contribution in [0.4, 0.5) is 4.39 Å². The number of carbonyl (C=O) groups is 2. The average Bonchev–Trinajstić information content (AvgIpc) is 2.63. The Morgan fingerprint density at radius 3 is 2.19 bits per heavy atom. The van der Waals surface area contributed by atoms with Gasteiger partial charge in [-0.1, -0.05) is 25.3 Å². The van der Waals surface area contributed by atoms with Crippen LogP contribution in [0.3, 0.4) is 0 Å². The molecule has 1 aliphatic carbocycles. The molecule has 1 saturated carbocycles. The molecule has 7 heteroatoms. The van der Waals surface area contributed by atoms with E-state index in [-0.39, 0.29) is 30.0 Å². The van der Waals surface area contributed by atoms with E-state index < -0.39 is 5.54 Å². The van der Waals surface area contributed by atoms with Gasteiger partial charge in [-0.05, 0) is 37.5 Å². The zero-order chi connectivity index (χ0) is 18.0. The number of nitrogens with two attached hydrogens (primary N) is 1. The molecule has 0 spiro atoms. The number of carbonyl (C=O) groups excluding carboxylic acids is 2. The Labute approximate surface area is 160 Å². The van der Waals surface area contributed by atoms with Gasteiger partial charge in [-0.3, -0.25) is 9.59 Å². The lowest BCUT2D eigenvalue weighted by atomic mass is 9.81. The summed E-state index contributed by atoms with van der Waals surface area (Å²) < 4.78 is 13.7. The van der Waals surface area contributed by atoms with Crippen molar-refractivity contribution in [3.63, 3.8) is 0 Å². The number of aryl methyl sites for hydroxylation is 1. The molecule has 2 fully saturated rings. The monoisotopic (exact) mass is 383 g/mol. The highest BCUT2D eigenvalue weighted by molar-refractivity contribution is 5.94. The van der Waals surface area contributed by atoms with Gasteiger partial charge in [-0.25, -0.2) is 4.39 Å². The molecule has 0 radical (unpaired) electrons. The molecule has 1 heterocycles. The van der Waals surface area contributed by atoms with Gasteiger partial charge in [0.25, 0.3) is 5.91 Å². The molecule has 2 N–H and O–H groups in total. The molecule has 0 unspecified atom stereocenters. The van der Waals surface area contributed by atoms with Crippen molar-refractivity contribution in [2.45, 2.75) is 44.6 Å². The van der Waals surface area contributed by atoms with Crippen molar-refractivity contribution < 1.29 is 14.0 Å². The van der Waals surface area contributed by atoms with Crippen LogP contribution in [0.5, 0.6) is 0 Å². The van der Waals surface area contributed by atoms with Crippen molar-refractivity contribution in [1.29, 1.82) is 0 Å². The van der Waals surface area contributed by atoms with E-state index in [1.165, 1.54) is 6.07 Å². The van der Waals surface area contributed by atoms with Crippen LogP contribution in [0.2, 0.25) is 0 Å². The van der Waals surface area contributed by atoms with E-state index in [0.29, 0.717) is 37.3 Å². The minimum Gasteiger partial charge on any atom is -0.338 e. The van der Waals surface area contributed by atoms with E-state index in [2.05, 4.69) is 0 Å². The summed E-state index contributed by atoms with van der Waals surface area (Å²) in [5, 5.41) is 0. The van der Waals surface area contributed by atoms with Crippen LogP contribution >= 0.6 is 12.4 Å². The van der Waals surface area contributed by atoms with Crippen LogP contribution in [-0.2, 0) is 4.79 Å². The first-order valence-corrected chi connectivity index (χ1v) is 9.04. The van der Waals surface area contributed by atoms with Gasteiger partial charge in [-0.2, -0.15) is 0 Å². The number of piperazine rings is 1. The predicted molar refractivity (Wildman–Crippen MR) is 101 cm³/mol. The molecular weight excluding hydrogens is 357 g/mol. The summed E-state index contributed by atoms with van der Waals surface area (Å²) in [6, 6.07) is 4.55. The number of hydrogen-bond acceptors (Lipinski definition) is 3. The van der Waals surface area contributed by atoms with Gasteiger partial charge < -0.3 is 15.5 Å². The van der Waals surface area contributed by atoms with Crippen LogP contribution in [0, 0.1) is 12.7 Å². The van der Waals surface area contributed by atoms with Crippen LogP contribution in [-0.4, -0.2) is 53.3 Å². The standard InChI is InChI=1S/C19H26FN3O2.ClH/c1-14-5-6-15(13-16(14)20)17(24)22-9-11-23(12-10-22)18(25)19(21)7-3-2-4-8-19;/h5-6,13H,2-4,7-12,21H2,1H3;1H. The van der Waals surface area contributed by atoms with Gasteiger partial charge in [0, 0.05) is 31.7 Å². The molecule has 2 aliphatic rings. The molecule has 1 aromatic carbocycles. The summed E-state index contributed by atoms with van der Waals surface area (Å²) in [5.74, 6) is -0.547. The lowest BCUT2D eigenvalue weighted by Gasteiger charge is -2.41. The van der Waals surface area contributed by atoms with E-state index in [0.717, 1.165) is 32.1 Å². The molecule has 1 saturated heterocycles. The minimum absolute atomic E-state index is 0. The fourth-order valence-electron chi connectivity index (χ4n) is 3.73. The number of hydrogen-bond donors (Lipinski definition) is 1. The topological polar surface area (TPSA) is 66.6 Å². The summed E-state index contributed by atoms with van der Waals surface area (Å²) in [6.45, 7) is 3.55. The fourth-order valence-corrected chi connectivity index (χ4v) is 3.73. The van der Waals surface area contributed by atoms with Gasteiger partial charge in [0.2, 0.25) is 5.91 Å². The van der Waals surface area contributed by atoms with E-state index in [9.17, 15) is 14.0 Å². The van der Waals surface area contributed by atoms with Gasteiger partial charge >= 0.3 is 0 Å². The summed E-state index contributed by atoms with van der Waals surface area (Å²) in [5.41, 5.74) is 6.48. The summed E-state index contributed by atoms with van der Waals surface area (Å²) in [6.07, 6.45) is 4.63. The van der Waals surface area contributed by atoms with Gasteiger partial charge in [0.1, 0.15) is 5.82 Å². The molecule has 0 bridgehead atoms. The number of amides is 2. The SMILES string of the molecule is Cc1ccc(C(=O)N2CCN(C(=O)C3(N)CCCCC3)CC2)cc1F.Cl. The fraction of sp³-hybridized carbons (Fsp3) is 0.579. The molecule has 26 heavy (non-hydrogen) atoms. The first kappa shape index (κ1) is 20.6. The lowest BCUT2D eigenvalue weighted by molar-refractivity contribution is -0.139. The Kier molecular flexibility index (Phi) is 6.64. The van der Waals surface area contributed by atoms with E-state index in [1.54, 1.807) is 28.9 Å². The molecule has 3 rings (SSSR count). The second-order valence-corrected chi connectivity index (χ2v) is 7.27. The highest BCUT2D eigenvalue weighted by Crippen LogP contribution is 2.28. The number of nitrogens with zero attached hydrogens (tertiary/aromatic N) is 2. The Morgan fingerprint density at radius 2 is 1.62 bits per heavy atom. The summed E-state index contributed by atoms with van der Waals surface area (Å²) in [4.78, 5) is 28.7. The Bertz CT molecular complexity index is 669. The predicted octanol–water partition coefficient (Wildman–Crippen LogP) is 2.50. The zero-order valence-electron chi connectivity index (χ0n) is 15.2. The van der Waals surface area contributed by atoms with Crippen LogP contribution in [0.1, 0.15) is 48.0 Å². The zero-order valence-corrected chi connectivity index (χ0v) is 16.0. The first-order chi connectivity index (χ1) is 11.9. The lowest BCUT2D eigenvalue weighted by Crippen LogP contribution is -2.60. The van der Waals surface area contributed by atoms with Crippen molar-refractivity contribution in [3.05, 3.63) is 35.1 Å². The van der Waals surface area contributed by atoms with Gasteiger partial charge in [0.05, 0.1) is 5.54 Å². The number of benzene rings is 1. The summed E-state index contributed by atoms with van der Waals surface area (Å²) in [7, 11) is 0. The normalized spacial score (nSPS) is 19.7. The number of halogens is 2.